The monoisotopic (exact) mass is 338 g/mol. The zero-order valence-electron chi connectivity index (χ0n) is 16.5. The Morgan fingerprint density at radius 2 is 1.12 bits per heavy atom. The van der Waals surface area contributed by atoms with E-state index in [2.05, 4.69) is 13.8 Å². The molecule has 0 amide bonds. The fourth-order valence-corrected chi connectivity index (χ4v) is 2.82. The number of carbonyl (C=O) groups is 1. The summed E-state index contributed by atoms with van der Waals surface area (Å²) >= 11 is 0. The van der Waals surface area contributed by atoms with E-state index in [1.807, 2.05) is 6.08 Å². The van der Waals surface area contributed by atoms with Crippen LogP contribution in [0.15, 0.2) is 12.2 Å². The van der Waals surface area contributed by atoms with Gasteiger partial charge in [0.15, 0.2) is 0 Å². The van der Waals surface area contributed by atoms with Crippen molar-refractivity contribution in [2.75, 3.05) is 6.61 Å². The summed E-state index contributed by atoms with van der Waals surface area (Å²) in [6.45, 7) is 4.93. The molecule has 0 aliphatic rings. The molecule has 0 radical (unpaired) electrons. The first kappa shape index (κ1) is 23.2. The number of carbonyl (C=O) groups excluding carboxylic acids is 1. The maximum atomic E-state index is 11.3. The molecule has 0 N–H and O–H groups in total. The minimum absolute atomic E-state index is 0.182. The minimum Gasteiger partial charge on any atom is -0.463 e. The van der Waals surface area contributed by atoms with Crippen LogP contribution in [-0.4, -0.2) is 12.6 Å². The first-order chi connectivity index (χ1) is 11.8. The van der Waals surface area contributed by atoms with Crippen LogP contribution in [0.3, 0.4) is 0 Å². The van der Waals surface area contributed by atoms with Gasteiger partial charge < -0.3 is 4.74 Å². The highest BCUT2D eigenvalue weighted by atomic mass is 16.5. The predicted octanol–water partition coefficient (Wildman–Crippen LogP) is 7.37. The van der Waals surface area contributed by atoms with Crippen LogP contribution < -0.4 is 0 Å². The Kier molecular flexibility index (Phi) is 19.6. The molecule has 0 heterocycles. The molecule has 0 bridgehead atoms. The molecule has 24 heavy (non-hydrogen) atoms. The molecule has 0 aromatic rings. The second-order valence-electron chi connectivity index (χ2n) is 6.95. The summed E-state index contributed by atoms with van der Waals surface area (Å²) in [4.78, 5) is 11.3. The molecule has 0 aromatic heterocycles. The fraction of sp³-hybridized carbons (Fsp3) is 0.864. The summed E-state index contributed by atoms with van der Waals surface area (Å²) in [5.74, 6) is -0.182. The van der Waals surface area contributed by atoms with Crippen LogP contribution in [0.5, 0.6) is 0 Å². The van der Waals surface area contributed by atoms with Crippen molar-refractivity contribution in [1.29, 1.82) is 0 Å². The summed E-state index contributed by atoms with van der Waals surface area (Å²) in [5.41, 5.74) is 0. The zero-order chi connectivity index (χ0) is 17.7. The van der Waals surface area contributed by atoms with E-state index in [1.165, 1.54) is 83.5 Å². The lowest BCUT2D eigenvalue weighted by atomic mass is 10.0. The van der Waals surface area contributed by atoms with Gasteiger partial charge in [-0.1, -0.05) is 103 Å². The Balaban J connectivity index is 3.15. The Bertz CT molecular complexity index is 284. The van der Waals surface area contributed by atoms with Gasteiger partial charge in [-0.05, 0) is 19.3 Å². The molecule has 2 nitrogen and oxygen atoms in total. The van der Waals surface area contributed by atoms with Crippen LogP contribution in [0.2, 0.25) is 0 Å². The molecule has 2 heteroatoms. The van der Waals surface area contributed by atoms with E-state index in [4.69, 9.17) is 4.74 Å². The average Bonchev–Trinajstić information content (AvgIpc) is 2.58. The summed E-state index contributed by atoms with van der Waals surface area (Å²) in [6, 6.07) is 0. The number of rotatable bonds is 18. The summed E-state index contributed by atoms with van der Waals surface area (Å²) in [6.07, 6.45) is 24.5. The van der Waals surface area contributed by atoms with Gasteiger partial charge in [-0.2, -0.15) is 0 Å². The van der Waals surface area contributed by atoms with Crippen LogP contribution in [0.1, 0.15) is 117 Å². The van der Waals surface area contributed by atoms with Crippen molar-refractivity contribution in [3.8, 4) is 0 Å². The van der Waals surface area contributed by atoms with Gasteiger partial charge in [-0.25, -0.2) is 4.79 Å². The van der Waals surface area contributed by atoms with Gasteiger partial charge in [0.05, 0.1) is 6.61 Å². The quantitative estimate of drug-likeness (QED) is 0.148. The molecule has 0 spiro atoms. The van der Waals surface area contributed by atoms with Gasteiger partial charge in [0, 0.05) is 6.08 Å². The van der Waals surface area contributed by atoms with E-state index in [-0.39, 0.29) is 5.97 Å². The van der Waals surface area contributed by atoms with Crippen molar-refractivity contribution < 1.29 is 9.53 Å². The van der Waals surface area contributed by atoms with Crippen molar-refractivity contribution in [3.05, 3.63) is 12.2 Å². The highest BCUT2D eigenvalue weighted by molar-refractivity contribution is 5.81. The molecule has 142 valence electrons. The second kappa shape index (κ2) is 20.3. The molecule has 0 fully saturated rings. The molecule has 0 unspecified atom stereocenters. The van der Waals surface area contributed by atoms with Crippen molar-refractivity contribution >= 4 is 5.97 Å². The van der Waals surface area contributed by atoms with E-state index in [0.29, 0.717) is 6.61 Å². The van der Waals surface area contributed by atoms with Crippen molar-refractivity contribution in [2.24, 2.45) is 0 Å². The Hall–Kier alpha value is -0.790. The van der Waals surface area contributed by atoms with Crippen molar-refractivity contribution in [3.63, 3.8) is 0 Å². The van der Waals surface area contributed by atoms with E-state index in [1.54, 1.807) is 6.08 Å². The fourth-order valence-electron chi connectivity index (χ4n) is 2.82. The average molecular weight is 339 g/mol. The normalized spacial score (nSPS) is 11.2. The molecule has 0 aromatic carbocycles. The number of allylic oxidation sites excluding steroid dienone is 1. The van der Waals surface area contributed by atoms with Gasteiger partial charge in [0.1, 0.15) is 0 Å². The van der Waals surface area contributed by atoms with E-state index in [0.717, 1.165) is 19.3 Å². The predicted molar refractivity (Wildman–Crippen MR) is 105 cm³/mol. The Morgan fingerprint density at radius 3 is 1.62 bits per heavy atom. The summed E-state index contributed by atoms with van der Waals surface area (Å²) < 4.78 is 5.08. The second-order valence-corrected chi connectivity index (χ2v) is 6.95. The van der Waals surface area contributed by atoms with Crippen LogP contribution >= 0.6 is 0 Å². The Labute approximate surface area is 151 Å². The topological polar surface area (TPSA) is 26.3 Å². The summed E-state index contributed by atoms with van der Waals surface area (Å²) in [5, 5.41) is 0. The van der Waals surface area contributed by atoms with Gasteiger partial charge in [-0.3, -0.25) is 0 Å². The van der Waals surface area contributed by atoms with Crippen LogP contribution in [0, 0.1) is 0 Å². The number of ether oxygens (including phenoxy) is 1. The third kappa shape index (κ3) is 19.3. The molecule has 0 aliphatic carbocycles. The third-order valence-corrected chi connectivity index (χ3v) is 4.47. The maximum absolute atomic E-state index is 11.3. The number of esters is 1. The number of hydrogen-bond acceptors (Lipinski definition) is 2. The molecule has 0 atom stereocenters. The number of hydrogen-bond donors (Lipinski definition) is 0. The molecule has 0 saturated heterocycles. The van der Waals surface area contributed by atoms with E-state index in [9.17, 15) is 4.79 Å². The lowest BCUT2D eigenvalue weighted by Gasteiger charge is -2.02. The lowest BCUT2D eigenvalue weighted by molar-refractivity contribution is -0.137. The first-order valence-corrected chi connectivity index (χ1v) is 10.6. The maximum Gasteiger partial charge on any atom is 0.330 e. The molecular formula is C22H42O2. The van der Waals surface area contributed by atoms with E-state index < -0.39 is 0 Å². The smallest absolute Gasteiger partial charge is 0.330 e. The number of unbranched alkanes of at least 4 members (excludes halogenated alkanes) is 14. The van der Waals surface area contributed by atoms with Crippen LogP contribution in [-0.2, 0) is 9.53 Å². The van der Waals surface area contributed by atoms with Crippen LogP contribution in [0.4, 0.5) is 0 Å². The molecular weight excluding hydrogens is 296 g/mol. The summed E-state index contributed by atoms with van der Waals surface area (Å²) in [7, 11) is 0. The first-order valence-electron chi connectivity index (χ1n) is 10.6. The SMILES string of the molecule is CCCCCCCCCCCCCCC/C=C/C(=O)OCCCC. The van der Waals surface area contributed by atoms with Gasteiger partial charge in [0.2, 0.25) is 0 Å². The molecule has 0 rings (SSSR count). The van der Waals surface area contributed by atoms with Gasteiger partial charge in [0.25, 0.3) is 0 Å². The van der Waals surface area contributed by atoms with Gasteiger partial charge >= 0.3 is 5.97 Å². The standard InChI is InChI=1S/C22H42O2/c1-3-5-7-8-9-10-11-12-13-14-15-16-17-18-19-20-22(23)24-21-6-4-2/h19-20H,3-18,21H2,1-2H3/b20-19+. The van der Waals surface area contributed by atoms with Crippen LogP contribution in [0.25, 0.3) is 0 Å². The largest absolute Gasteiger partial charge is 0.463 e. The zero-order valence-corrected chi connectivity index (χ0v) is 16.5. The third-order valence-electron chi connectivity index (χ3n) is 4.47. The van der Waals surface area contributed by atoms with Crippen molar-refractivity contribution in [1.82, 2.24) is 0 Å². The van der Waals surface area contributed by atoms with E-state index >= 15 is 0 Å². The highest BCUT2D eigenvalue weighted by Crippen LogP contribution is 2.13. The lowest BCUT2D eigenvalue weighted by Crippen LogP contribution is -2.01. The Morgan fingerprint density at radius 1 is 0.667 bits per heavy atom. The van der Waals surface area contributed by atoms with Crippen molar-refractivity contribution in [2.45, 2.75) is 117 Å². The molecule has 0 saturated carbocycles. The highest BCUT2D eigenvalue weighted by Gasteiger charge is 1.96. The molecule has 0 aliphatic heterocycles. The minimum atomic E-state index is -0.182. The van der Waals surface area contributed by atoms with Gasteiger partial charge in [-0.15, -0.1) is 0 Å².